The quantitative estimate of drug-likeness (QED) is 0.643. The lowest BCUT2D eigenvalue weighted by molar-refractivity contribution is -0.385. The number of aryl methyl sites for hydroxylation is 1. The van der Waals surface area contributed by atoms with E-state index in [4.69, 9.17) is 0 Å². The van der Waals surface area contributed by atoms with E-state index in [-0.39, 0.29) is 30.0 Å². The number of rotatable bonds is 4. The van der Waals surface area contributed by atoms with Gasteiger partial charge in [-0.2, -0.15) is 5.10 Å². The number of carbonyl (C=O) groups is 1. The molecule has 0 aromatic carbocycles. The van der Waals surface area contributed by atoms with Gasteiger partial charge < -0.3 is 10.2 Å². The van der Waals surface area contributed by atoms with Gasteiger partial charge in [0, 0.05) is 38.6 Å². The second-order valence-electron chi connectivity index (χ2n) is 4.61. The van der Waals surface area contributed by atoms with Crippen molar-refractivity contribution in [2.24, 2.45) is 0 Å². The van der Waals surface area contributed by atoms with Crippen molar-refractivity contribution in [2.75, 3.05) is 19.6 Å². The van der Waals surface area contributed by atoms with Crippen LogP contribution in [0.2, 0.25) is 0 Å². The van der Waals surface area contributed by atoms with Crippen LogP contribution >= 0.6 is 12.4 Å². The van der Waals surface area contributed by atoms with E-state index >= 15 is 0 Å². The van der Waals surface area contributed by atoms with Gasteiger partial charge in [0.1, 0.15) is 12.4 Å². The third-order valence-corrected chi connectivity index (χ3v) is 3.21. The molecule has 1 aromatic heterocycles. The normalized spacial score (nSPS) is 18.4. The molecule has 2 heterocycles. The SMILES string of the molecule is C[C@@H]1CNCCN1C(=O)CCn1cc([N+](=O)[O-])cn1.Cl. The van der Waals surface area contributed by atoms with E-state index in [2.05, 4.69) is 10.4 Å². The van der Waals surface area contributed by atoms with Crippen molar-refractivity contribution in [3.63, 3.8) is 0 Å². The van der Waals surface area contributed by atoms with Crippen molar-refractivity contribution < 1.29 is 9.72 Å². The van der Waals surface area contributed by atoms with Gasteiger partial charge in [0.2, 0.25) is 5.91 Å². The molecule has 9 heteroatoms. The molecule has 1 fully saturated rings. The summed E-state index contributed by atoms with van der Waals surface area (Å²) in [4.78, 5) is 23.9. The maximum atomic E-state index is 12.0. The second-order valence-corrected chi connectivity index (χ2v) is 4.61. The Balaban J connectivity index is 0.00000200. The number of carbonyl (C=O) groups excluding carboxylic acids is 1. The van der Waals surface area contributed by atoms with E-state index in [1.165, 1.54) is 17.1 Å². The van der Waals surface area contributed by atoms with Crippen LogP contribution in [0.15, 0.2) is 12.4 Å². The van der Waals surface area contributed by atoms with Gasteiger partial charge in [-0.1, -0.05) is 0 Å². The molecule has 0 aliphatic carbocycles. The Morgan fingerprint density at radius 1 is 1.65 bits per heavy atom. The zero-order valence-corrected chi connectivity index (χ0v) is 12.0. The van der Waals surface area contributed by atoms with E-state index in [0.717, 1.165) is 13.1 Å². The van der Waals surface area contributed by atoms with Crippen LogP contribution in [0.1, 0.15) is 13.3 Å². The van der Waals surface area contributed by atoms with Gasteiger partial charge in [0.25, 0.3) is 0 Å². The van der Waals surface area contributed by atoms with Crippen molar-refractivity contribution >= 4 is 24.0 Å². The smallest absolute Gasteiger partial charge is 0.306 e. The standard InChI is InChI=1S/C11H17N5O3.ClH/c1-9-6-12-3-5-15(9)11(17)2-4-14-8-10(7-13-14)16(18)19;/h7-9,12H,2-6H2,1H3;1H/t9-;/m1./s1. The monoisotopic (exact) mass is 303 g/mol. The number of nitrogens with zero attached hydrogens (tertiary/aromatic N) is 4. The highest BCUT2D eigenvalue weighted by Crippen LogP contribution is 2.09. The van der Waals surface area contributed by atoms with Crippen molar-refractivity contribution in [2.45, 2.75) is 25.9 Å². The van der Waals surface area contributed by atoms with Crippen LogP contribution in [-0.4, -0.2) is 51.2 Å². The topological polar surface area (TPSA) is 93.3 Å². The number of halogens is 1. The van der Waals surface area contributed by atoms with Crippen LogP contribution in [0.3, 0.4) is 0 Å². The number of hydrogen-bond acceptors (Lipinski definition) is 5. The number of nitro groups is 1. The molecule has 0 unspecified atom stereocenters. The first-order chi connectivity index (χ1) is 9.08. The lowest BCUT2D eigenvalue weighted by Crippen LogP contribution is -2.52. The maximum Gasteiger partial charge on any atom is 0.306 e. The Morgan fingerprint density at radius 2 is 2.40 bits per heavy atom. The second kappa shape index (κ2) is 7.20. The first-order valence-electron chi connectivity index (χ1n) is 6.25. The number of hydrogen-bond donors (Lipinski definition) is 1. The van der Waals surface area contributed by atoms with Gasteiger partial charge in [-0.3, -0.25) is 19.6 Å². The number of amides is 1. The van der Waals surface area contributed by atoms with Gasteiger partial charge in [0.15, 0.2) is 0 Å². The molecule has 0 spiro atoms. The largest absolute Gasteiger partial charge is 0.337 e. The Morgan fingerprint density at radius 3 is 3.00 bits per heavy atom. The average molecular weight is 304 g/mol. The Hall–Kier alpha value is -1.67. The van der Waals surface area contributed by atoms with Gasteiger partial charge in [-0.15, -0.1) is 12.4 Å². The highest BCUT2D eigenvalue weighted by molar-refractivity contribution is 5.85. The van der Waals surface area contributed by atoms with Gasteiger partial charge >= 0.3 is 5.69 Å². The summed E-state index contributed by atoms with van der Waals surface area (Å²) in [6, 6.07) is 0.188. The lowest BCUT2D eigenvalue weighted by atomic mass is 10.2. The summed E-state index contributed by atoms with van der Waals surface area (Å²) in [5, 5.41) is 17.6. The van der Waals surface area contributed by atoms with Crippen LogP contribution in [-0.2, 0) is 11.3 Å². The molecule has 0 radical (unpaired) electrons. The van der Waals surface area contributed by atoms with Crippen LogP contribution in [0.25, 0.3) is 0 Å². The Bertz CT molecular complexity index is 478. The van der Waals surface area contributed by atoms with Crippen LogP contribution in [0.4, 0.5) is 5.69 Å². The molecule has 1 aliphatic heterocycles. The predicted molar refractivity (Wildman–Crippen MR) is 74.8 cm³/mol. The van der Waals surface area contributed by atoms with Crippen molar-refractivity contribution in [1.29, 1.82) is 0 Å². The fraction of sp³-hybridized carbons (Fsp3) is 0.636. The summed E-state index contributed by atoms with van der Waals surface area (Å²) in [7, 11) is 0. The molecule has 0 bridgehead atoms. The summed E-state index contributed by atoms with van der Waals surface area (Å²) in [6.07, 6.45) is 2.84. The van der Waals surface area contributed by atoms with E-state index in [0.29, 0.717) is 19.5 Å². The minimum absolute atomic E-state index is 0. The molecule has 8 nitrogen and oxygen atoms in total. The molecule has 1 aliphatic rings. The molecule has 1 aromatic rings. The maximum absolute atomic E-state index is 12.0. The first-order valence-corrected chi connectivity index (χ1v) is 6.25. The zero-order chi connectivity index (χ0) is 13.8. The minimum Gasteiger partial charge on any atom is -0.337 e. The summed E-state index contributed by atoms with van der Waals surface area (Å²) in [5.41, 5.74) is -0.0528. The average Bonchev–Trinajstić information content (AvgIpc) is 2.85. The van der Waals surface area contributed by atoms with Crippen molar-refractivity contribution in [3.8, 4) is 0 Å². The third-order valence-electron chi connectivity index (χ3n) is 3.21. The fourth-order valence-corrected chi connectivity index (χ4v) is 2.13. The molecule has 112 valence electrons. The third kappa shape index (κ3) is 3.91. The summed E-state index contributed by atoms with van der Waals surface area (Å²) < 4.78 is 1.43. The number of piperazine rings is 1. The minimum atomic E-state index is -0.496. The molecule has 2 rings (SSSR count). The number of nitrogens with one attached hydrogen (secondary N) is 1. The molecule has 0 saturated carbocycles. The van der Waals surface area contributed by atoms with Gasteiger partial charge in [-0.25, -0.2) is 0 Å². The highest BCUT2D eigenvalue weighted by Gasteiger charge is 2.22. The number of aromatic nitrogens is 2. The molecular weight excluding hydrogens is 286 g/mol. The van der Waals surface area contributed by atoms with Crippen LogP contribution in [0, 0.1) is 10.1 Å². The Kier molecular flexibility index (Phi) is 5.90. The summed E-state index contributed by atoms with van der Waals surface area (Å²) in [6.45, 7) is 4.69. The fourth-order valence-electron chi connectivity index (χ4n) is 2.13. The highest BCUT2D eigenvalue weighted by atomic mass is 35.5. The Labute approximate surface area is 122 Å². The lowest BCUT2D eigenvalue weighted by Gasteiger charge is -2.34. The van der Waals surface area contributed by atoms with Gasteiger partial charge in [0.05, 0.1) is 4.92 Å². The predicted octanol–water partition coefficient (Wildman–Crippen LogP) is 0.424. The van der Waals surface area contributed by atoms with Gasteiger partial charge in [-0.05, 0) is 6.92 Å². The van der Waals surface area contributed by atoms with E-state index in [1.807, 2.05) is 11.8 Å². The molecule has 1 atom stereocenters. The summed E-state index contributed by atoms with van der Waals surface area (Å²) >= 11 is 0. The first kappa shape index (κ1) is 16.4. The molecule has 1 amide bonds. The van der Waals surface area contributed by atoms with E-state index < -0.39 is 4.92 Å². The molecule has 1 saturated heterocycles. The molecule has 20 heavy (non-hydrogen) atoms. The molecule has 1 N–H and O–H groups in total. The van der Waals surface area contributed by atoms with Crippen molar-refractivity contribution in [1.82, 2.24) is 20.0 Å². The molecular formula is C11H18ClN5O3. The van der Waals surface area contributed by atoms with E-state index in [1.54, 1.807) is 0 Å². The van der Waals surface area contributed by atoms with E-state index in [9.17, 15) is 14.9 Å². The van der Waals surface area contributed by atoms with Crippen LogP contribution in [0.5, 0.6) is 0 Å². The zero-order valence-electron chi connectivity index (χ0n) is 11.2. The van der Waals surface area contributed by atoms with Crippen molar-refractivity contribution in [3.05, 3.63) is 22.5 Å². The summed E-state index contributed by atoms with van der Waals surface area (Å²) in [5.74, 6) is 0.0622. The van der Waals surface area contributed by atoms with Crippen LogP contribution < -0.4 is 5.32 Å².